The van der Waals surface area contributed by atoms with E-state index >= 15 is 0 Å². The molecule has 0 aliphatic carbocycles. The fraction of sp³-hybridized carbons (Fsp3) is 0.273. The maximum atomic E-state index is 13.0. The summed E-state index contributed by atoms with van der Waals surface area (Å²) >= 11 is 7.06. The van der Waals surface area contributed by atoms with Crippen LogP contribution < -0.4 is 4.90 Å². The van der Waals surface area contributed by atoms with Gasteiger partial charge >= 0.3 is 10.2 Å². The third-order valence-corrected chi connectivity index (χ3v) is 5.38. The van der Waals surface area contributed by atoms with E-state index in [2.05, 4.69) is 4.98 Å². The van der Waals surface area contributed by atoms with Gasteiger partial charge in [0.05, 0.1) is 10.2 Å². The van der Waals surface area contributed by atoms with Crippen LogP contribution in [0.5, 0.6) is 0 Å². The Hall–Kier alpha value is -1.25. The van der Waals surface area contributed by atoms with Gasteiger partial charge in [0.2, 0.25) is 5.91 Å². The molecule has 106 valence electrons. The Balaban J connectivity index is 1.97. The first-order valence-corrected chi connectivity index (χ1v) is 8.28. The van der Waals surface area contributed by atoms with Gasteiger partial charge in [0.15, 0.2) is 4.47 Å². The molecular formula is C11H8ClFN2O3S2. The fourth-order valence-corrected chi connectivity index (χ4v) is 3.90. The van der Waals surface area contributed by atoms with Gasteiger partial charge in [-0.2, -0.15) is 8.42 Å². The molecule has 0 spiro atoms. The molecule has 1 saturated heterocycles. The van der Waals surface area contributed by atoms with E-state index < -0.39 is 21.4 Å². The number of aromatic nitrogens is 1. The fourth-order valence-electron chi connectivity index (χ4n) is 2.17. The van der Waals surface area contributed by atoms with Crippen molar-refractivity contribution in [3.63, 3.8) is 0 Å². The largest absolute Gasteiger partial charge is 0.311 e. The highest BCUT2D eigenvalue weighted by molar-refractivity contribution is 7.87. The molecule has 1 aliphatic rings. The van der Waals surface area contributed by atoms with Crippen LogP contribution in [0.15, 0.2) is 18.2 Å². The Labute approximate surface area is 123 Å². The molecule has 1 aromatic heterocycles. The van der Waals surface area contributed by atoms with Crippen LogP contribution in [0.2, 0.25) is 4.47 Å². The maximum Gasteiger partial charge on any atom is 0.307 e. The summed E-state index contributed by atoms with van der Waals surface area (Å²) in [5.41, 5.74) is 1.22. The van der Waals surface area contributed by atoms with Crippen LogP contribution in [0.25, 0.3) is 10.2 Å². The van der Waals surface area contributed by atoms with Crippen molar-refractivity contribution in [3.8, 4) is 0 Å². The SMILES string of the molecule is O=C1CC(S(=O)(=O)F)CN1c1ccc2nc(Cl)sc2c1. The molecule has 0 saturated carbocycles. The lowest BCUT2D eigenvalue weighted by Gasteiger charge is -2.15. The summed E-state index contributed by atoms with van der Waals surface area (Å²) in [6, 6.07) is 5.03. The average molecular weight is 335 g/mol. The Morgan fingerprint density at radius 3 is 2.85 bits per heavy atom. The molecule has 0 N–H and O–H groups in total. The molecule has 0 radical (unpaired) electrons. The van der Waals surface area contributed by atoms with Crippen LogP contribution >= 0.6 is 22.9 Å². The lowest BCUT2D eigenvalue weighted by molar-refractivity contribution is -0.117. The van der Waals surface area contributed by atoms with E-state index in [1.807, 2.05) is 0 Å². The molecule has 1 unspecified atom stereocenters. The predicted octanol–water partition coefficient (Wildman–Crippen LogP) is 2.35. The topological polar surface area (TPSA) is 67.3 Å². The van der Waals surface area contributed by atoms with E-state index in [-0.39, 0.29) is 13.0 Å². The molecule has 9 heteroatoms. The lowest BCUT2D eigenvalue weighted by atomic mass is 10.3. The van der Waals surface area contributed by atoms with Crippen LogP contribution in [-0.4, -0.2) is 31.1 Å². The third kappa shape index (κ3) is 2.38. The number of fused-ring (bicyclic) bond motifs is 1. The first-order valence-electron chi connectivity index (χ1n) is 5.64. The number of rotatable bonds is 2. The molecule has 1 atom stereocenters. The molecule has 5 nitrogen and oxygen atoms in total. The van der Waals surface area contributed by atoms with Gasteiger partial charge in [0, 0.05) is 18.7 Å². The van der Waals surface area contributed by atoms with Crippen molar-refractivity contribution in [2.45, 2.75) is 11.7 Å². The van der Waals surface area contributed by atoms with E-state index in [9.17, 15) is 17.1 Å². The van der Waals surface area contributed by atoms with E-state index in [1.54, 1.807) is 18.2 Å². The molecule has 0 bridgehead atoms. The average Bonchev–Trinajstić information content (AvgIpc) is 2.89. The number of nitrogens with zero attached hydrogens (tertiary/aromatic N) is 2. The van der Waals surface area contributed by atoms with E-state index in [1.165, 1.54) is 16.2 Å². The van der Waals surface area contributed by atoms with E-state index in [0.717, 1.165) is 4.70 Å². The normalized spacial score (nSPS) is 20.0. The van der Waals surface area contributed by atoms with Crippen molar-refractivity contribution in [3.05, 3.63) is 22.7 Å². The number of hydrogen-bond donors (Lipinski definition) is 0. The molecule has 2 aromatic rings. The van der Waals surface area contributed by atoms with Crippen LogP contribution in [0.1, 0.15) is 6.42 Å². The summed E-state index contributed by atoms with van der Waals surface area (Å²) in [5, 5.41) is -1.30. The summed E-state index contributed by atoms with van der Waals surface area (Å²) in [4.78, 5) is 17.2. The van der Waals surface area contributed by atoms with Gasteiger partial charge in [-0.05, 0) is 18.2 Å². The predicted molar refractivity (Wildman–Crippen MR) is 75.4 cm³/mol. The van der Waals surface area contributed by atoms with Gasteiger partial charge in [0.25, 0.3) is 0 Å². The zero-order chi connectivity index (χ0) is 14.5. The molecule has 1 fully saturated rings. The van der Waals surface area contributed by atoms with Crippen molar-refractivity contribution in [1.29, 1.82) is 0 Å². The minimum absolute atomic E-state index is 0.171. The van der Waals surface area contributed by atoms with Crippen LogP contribution in [-0.2, 0) is 15.0 Å². The first kappa shape index (κ1) is 13.7. The van der Waals surface area contributed by atoms with Crippen LogP contribution in [0, 0.1) is 0 Å². The van der Waals surface area contributed by atoms with Crippen molar-refractivity contribution in [1.82, 2.24) is 4.98 Å². The maximum absolute atomic E-state index is 13.0. The van der Waals surface area contributed by atoms with Gasteiger partial charge in [0.1, 0.15) is 5.25 Å². The summed E-state index contributed by atoms with van der Waals surface area (Å²) in [5.74, 6) is -0.411. The summed E-state index contributed by atoms with van der Waals surface area (Å²) in [6.45, 7) is -0.171. The van der Waals surface area contributed by atoms with E-state index in [4.69, 9.17) is 11.6 Å². The van der Waals surface area contributed by atoms with Gasteiger partial charge in [-0.25, -0.2) is 4.98 Å². The summed E-state index contributed by atoms with van der Waals surface area (Å²) < 4.78 is 35.9. The number of thiazole rings is 1. The zero-order valence-electron chi connectivity index (χ0n) is 9.92. The van der Waals surface area contributed by atoms with Crippen molar-refractivity contribution < 1.29 is 17.1 Å². The number of carbonyl (C=O) groups is 1. The second-order valence-electron chi connectivity index (χ2n) is 4.42. The standard InChI is InChI=1S/C11H8ClFN2O3S2/c12-11-14-8-2-1-6(3-9(8)19-11)15-5-7(4-10(15)16)20(13,17)18/h1-3,7H,4-5H2. The Morgan fingerprint density at radius 1 is 1.45 bits per heavy atom. The van der Waals surface area contributed by atoms with Gasteiger partial charge in [-0.3, -0.25) is 4.79 Å². The zero-order valence-corrected chi connectivity index (χ0v) is 12.3. The minimum Gasteiger partial charge on any atom is -0.311 e. The molecular weight excluding hydrogens is 327 g/mol. The first-order chi connectivity index (χ1) is 9.34. The highest BCUT2D eigenvalue weighted by atomic mass is 35.5. The smallest absolute Gasteiger partial charge is 0.307 e. The second-order valence-corrected chi connectivity index (χ2v) is 7.66. The lowest BCUT2D eigenvalue weighted by Crippen LogP contribution is -2.26. The number of hydrogen-bond acceptors (Lipinski definition) is 5. The van der Waals surface area contributed by atoms with Crippen LogP contribution in [0.3, 0.4) is 0 Å². The highest BCUT2D eigenvalue weighted by Crippen LogP contribution is 2.32. The number of amides is 1. The van der Waals surface area contributed by atoms with Gasteiger partial charge < -0.3 is 4.90 Å². The quantitative estimate of drug-likeness (QED) is 0.791. The Kier molecular flexibility index (Phi) is 3.19. The minimum atomic E-state index is -4.71. The molecule has 1 amide bonds. The van der Waals surface area contributed by atoms with Gasteiger partial charge in [-0.15, -0.1) is 15.2 Å². The van der Waals surface area contributed by atoms with Crippen molar-refractivity contribution >= 4 is 55.0 Å². The Morgan fingerprint density at radius 2 is 2.20 bits per heavy atom. The Bertz CT molecular complexity index is 805. The monoisotopic (exact) mass is 334 g/mol. The van der Waals surface area contributed by atoms with Gasteiger partial charge in [-0.1, -0.05) is 11.6 Å². The van der Waals surface area contributed by atoms with Crippen molar-refractivity contribution in [2.24, 2.45) is 0 Å². The molecule has 1 aliphatic heterocycles. The third-order valence-electron chi connectivity index (χ3n) is 3.15. The van der Waals surface area contributed by atoms with Crippen LogP contribution in [0.4, 0.5) is 9.57 Å². The molecule has 1 aromatic carbocycles. The van der Waals surface area contributed by atoms with Crippen molar-refractivity contribution in [2.75, 3.05) is 11.4 Å². The highest BCUT2D eigenvalue weighted by Gasteiger charge is 2.39. The number of carbonyl (C=O) groups excluding carboxylic acids is 1. The second kappa shape index (κ2) is 4.64. The number of benzene rings is 1. The number of halogens is 2. The molecule has 2 heterocycles. The summed E-state index contributed by atoms with van der Waals surface area (Å²) in [7, 11) is -4.71. The summed E-state index contributed by atoms with van der Waals surface area (Å²) in [6.07, 6.45) is -0.333. The number of anilines is 1. The molecule has 3 rings (SSSR count). The molecule has 20 heavy (non-hydrogen) atoms. The van der Waals surface area contributed by atoms with E-state index in [0.29, 0.717) is 15.7 Å².